The predicted molar refractivity (Wildman–Crippen MR) is 70.0 cm³/mol. The summed E-state index contributed by atoms with van der Waals surface area (Å²) in [5.41, 5.74) is 7.90. The third-order valence-electron chi connectivity index (χ3n) is 2.42. The highest BCUT2D eigenvalue weighted by atomic mass is 32.1. The molecule has 0 saturated carbocycles. The number of nitrogens with two attached hydrogens (primary N) is 1. The highest BCUT2D eigenvalue weighted by Crippen LogP contribution is 2.25. The molecule has 8 heteroatoms. The molecule has 0 radical (unpaired) electrons. The van der Waals surface area contributed by atoms with Crippen LogP contribution in [0.15, 0.2) is 23.7 Å². The van der Waals surface area contributed by atoms with Crippen LogP contribution in [0.5, 0.6) is 11.5 Å². The van der Waals surface area contributed by atoms with E-state index in [9.17, 15) is 15.0 Å². The highest BCUT2D eigenvalue weighted by molar-refractivity contribution is 7.13. The Labute approximate surface area is 112 Å². The normalized spacial score (nSPS) is 12.1. The van der Waals surface area contributed by atoms with Crippen molar-refractivity contribution in [2.24, 2.45) is 5.73 Å². The number of rotatable bonds is 4. The lowest BCUT2D eigenvalue weighted by molar-refractivity contribution is -0.117. The molecule has 19 heavy (non-hydrogen) atoms. The molecule has 7 nitrogen and oxygen atoms in total. The monoisotopic (exact) mass is 280 g/mol. The number of nitrogens with zero attached hydrogens (tertiary/aromatic N) is 2. The van der Waals surface area contributed by atoms with E-state index >= 15 is 0 Å². The van der Waals surface area contributed by atoms with Gasteiger partial charge in [-0.1, -0.05) is 17.4 Å². The molecule has 1 heterocycles. The van der Waals surface area contributed by atoms with Crippen molar-refractivity contribution in [1.29, 1.82) is 0 Å². The first kappa shape index (κ1) is 13.2. The average molecular weight is 280 g/mol. The Kier molecular flexibility index (Phi) is 3.93. The summed E-state index contributed by atoms with van der Waals surface area (Å²) in [5.74, 6) is -0.839. The van der Waals surface area contributed by atoms with Crippen LogP contribution in [0, 0.1) is 0 Å². The smallest absolute Gasteiger partial charge is 0.243 e. The van der Waals surface area contributed by atoms with Crippen LogP contribution in [-0.2, 0) is 11.2 Å². The van der Waals surface area contributed by atoms with Crippen LogP contribution in [0.3, 0.4) is 0 Å². The quantitative estimate of drug-likeness (QED) is 0.604. The number of carbonyl (C=O) groups excluding carboxylic acids is 1. The first-order valence-electron chi connectivity index (χ1n) is 5.39. The molecular formula is C11H12N4O3S. The van der Waals surface area contributed by atoms with E-state index in [1.807, 2.05) is 0 Å². The van der Waals surface area contributed by atoms with Crippen molar-refractivity contribution in [3.8, 4) is 11.5 Å². The molecule has 1 atom stereocenters. The summed E-state index contributed by atoms with van der Waals surface area (Å²) >= 11 is 1.20. The van der Waals surface area contributed by atoms with Gasteiger partial charge in [-0.3, -0.25) is 10.1 Å². The Morgan fingerprint density at radius 2 is 2.21 bits per heavy atom. The zero-order valence-corrected chi connectivity index (χ0v) is 10.6. The van der Waals surface area contributed by atoms with Gasteiger partial charge in [0.25, 0.3) is 0 Å². The minimum atomic E-state index is -0.784. The Morgan fingerprint density at radius 1 is 1.42 bits per heavy atom. The molecule has 1 amide bonds. The number of anilines is 1. The fourth-order valence-corrected chi connectivity index (χ4v) is 1.92. The third-order valence-corrected chi connectivity index (χ3v) is 3.03. The summed E-state index contributed by atoms with van der Waals surface area (Å²) in [5, 5.41) is 28.7. The van der Waals surface area contributed by atoms with Crippen LogP contribution >= 0.6 is 11.3 Å². The Hall–Kier alpha value is -2.19. The second-order valence-corrected chi connectivity index (χ2v) is 4.70. The maximum absolute atomic E-state index is 11.8. The topological polar surface area (TPSA) is 121 Å². The summed E-state index contributed by atoms with van der Waals surface area (Å²) in [6, 6.07) is 3.52. The SMILES string of the molecule is N[C@@H](Cc1ccc(O)c(O)c1)C(=O)Nc1nncs1. The molecule has 5 N–H and O–H groups in total. The highest BCUT2D eigenvalue weighted by Gasteiger charge is 2.16. The van der Waals surface area contributed by atoms with Gasteiger partial charge in [-0.25, -0.2) is 0 Å². The van der Waals surface area contributed by atoms with Crippen molar-refractivity contribution < 1.29 is 15.0 Å². The lowest BCUT2D eigenvalue weighted by Crippen LogP contribution is -2.37. The fourth-order valence-electron chi connectivity index (χ4n) is 1.47. The molecule has 100 valence electrons. The molecule has 0 spiro atoms. The number of phenolic OH excluding ortho intramolecular Hbond substituents is 2. The van der Waals surface area contributed by atoms with Gasteiger partial charge in [-0.2, -0.15) is 0 Å². The van der Waals surface area contributed by atoms with E-state index < -0.39 is 6.04 Å². The Bertz CT molecular complexity index is 573. The summed E-state index contributed by atoms with van der Waals surface area (Å²) < 4.78 is 0. The molecule has 0 aliphatic carbocycles. The molecule has 0 bridgehead atoms. The number of aromatic nitrogens is 2. The summed E-state index contributed by atoms with van der Waals surface area (Å²) in [4.78, 5) is 11.8. The number of phenols is 2. The number of amides is 1. The maximum Gasteiger partial charge on any atom is 0.243 e. The number of carbonyl (C=O) groups is 1. The molecule has 0 fully saturated rings. The molecule has 2 aromatic rings. The van der Waals surface area contributed by atoms with E-state index in [4.69, 9.17) is 5.73 Å². The van der Waals surface area contributed by atoms with E-state index in [0.29, 0.717) is 10.7 Å². The summed E-state index contributed by atoms with van der Waals surface area (Å²) in [7, 11) is 0. The Balaban J connectivity index is 1.98. The number of hydrogen-bond donors (Lipinski definition) is 4. The van der Waals surface area contributed by atoms with Crippen LogP contribution < -0.4 is 11.1 Å². The zero-order chi connectivity index (χ0) is 13.8. The van der Waals surface area contributed by atoms with E-state index in [-0.39, 0.29) is 23.8 Å². The zero-order valence-electron chi connectivity index (χ0n) is 9.78. The van der Waals surface area contributed by atoms with Gasteiger partial charge in [-0.05, 0) is 24.1 Å². The second-order valence-electron chi connectivity index (χ2n) is 3.87. The second kappa shape index (κ2) is 5.63. The predicted octanol–water partition coefficient (Wildman–Crippen LogP) is 0.458. The van der Waals surface area contributed by atoms with Gasteiger partial charge in [-0.15, -0.1) is 10.2 Å². The lowest BCUT2D eigenvalue weighted by atomic mass is 10.1. The number of benzene rings is 1. The van der Waals surface area contributed by atoms with E-state index in [0.717, 1.165) is 0 Å². The minimum absolute atomic E-state index is 0.212. The van der Waals surface area contributed by atoms with E-state index in [2.05, 4.69) is 15.5 Å². The van der Waals surface area contributed by atoms with Gasteiger partial charge in [0.2, 0.25) is 11.0 Å². The number of aromatic hydroxyl groups is 2. The van der Waals surface area contributed by atoms with Crippen molar-refractivity contribution in [2.45, 2.75) is 12.5 Å². The van der Waals surface area contributed by atoms with Gasteiger partial charge in [0.15, 0.2) is 11.5 Å². The molecule has 1 aromatic heterocycles. The molecule has 1 aromatic carbocycles. The largest absolute Gasteiger partial charge is 0.504 e. The fraction of sp³-hybridized carbons (Fsp3) is 0.182. The van der Waals surface area contributed by atoms with Gasteiger partial charge in [0, 0.05) is 0 Å². The van der Waals surface area contributed by atoms with Gasteiger partial charge < -0.3 is 15.9 Å². The summed E-state index contributed by atoms with van der Waals surface area (Å²) in [6.07, 6.45) is 0.235. The molecule has 0 saturated heterocycles. The van der Waals surface area contributed by atoms with Crippen LogP contribution in [0.25, 0.3) is 0 Å². The number of hydrogen-bond acceptors (Lipinski definition) is 7. The van der Waals surface area contributed by atoms with E-state index in [1.165, 1.54) is 29.0 Å². The van der Waals surface area contributed by atoms with Crippen molar-refractivity contribution in [3.05, 3.63) is 29.3 Å². The van der Waals surface area contributed by atoms with Crippen LogP contribution in [0.2, 0.25) is 0 Å². The molecule has 2 rings (SSSR count). The van der Waals surface area contributed by atoms with Crippen molar-refractivity contribution >= 4 is 22.4 Å². The molecule has 0 unspecified atom stereocenters. The molecule has 0 aliphatic heterocycles. The van der Waals surface area contributed by atoms with Crippen molar-refractivity contribution in [1.82, 2.24) is 10.2 Å². The standard InChI is InChI=1S/C11H12N4O3S/c12-7(10(18)14-11-15-13-5-19-11)3-6-1-2-8(16)9(17)4-6/h1-2,4-5,7,16-17H,3,12H2,(H,14,15,18)/t7-/m0/s1. The third kappa shape index (κ3) is 3.39. The maximum atomic E-state index is 11.8. The average Bonchev–Trinajstić information content (AvgIpc) is 2.86. The molecule has 0 aliphatic rings. The number of nitrogens with one attached hydrogen (secondary N) is 1. The van der Waals surface area contributed by atoms with Gasteiger partial charge in [0.05, 0.1) is 6.04 Å². The minimum Gasteiger partial charge on any atom is -0.504 e. The van der Waals surface area contributed by atoms with Gasteiger partial charge in [0.1, 0.15) is 5.51 Å². The van der Waals surface area contributed by atoms with Crippen LogP contribution in [0.1, 0.15) is 5.56 Å². The molecular weight excluding hydrogens is 268 g/mol. The van der Waals surface area contributed by atoms with Gasteiger partial charge >= 0.3 is 0 Å². The van der Waals surface area contributed by atoms with Crippen LogP contribution in [-0.4, -0.2) is 32.4 Å². The first-order valence-corrected chi connectivity index (χ1v) is 6.27. The Morgan fingerprint density at radius 3 is 2.84 bits per heavy atom. The van der Waals surface area contributed by atoms with Crippen molar-refractivity contribution in [3.63, 3.8) is 0 Å². The van der Waals surface area contributed by atoms with Crippen molar-refractivity contribution in [2.75, 3.05) is 5.32 Å². The lowest BCUT2D eigenvalue weighted by Gasteiger charge is -2.11. The van der Waals surface area contributed by atoms with E-state index in [1.54, 1.807) is 6.07 Å². The first-order chi connectivity index (χ1) is 9.06. The summed E-state index contributed by atoms with van der Waals surface area (Å²) in [6.45, 7) is 0. The van der Waals surface area contributed by atoms with Crippen LogP contribution in [0.4, 0.5) is 5.13 Å².